The van der Waals surface area contributed by atoms with Crippen LogP contribution in [0.5, 0.6) is 11.5 Å². The van der Waals surface area contributed by atoms with Gasteiger partial charge < -0.3 is 25.4 Å². The molecule has 0 amide bonds. The van der Waals surface area contributed by atoms with Gasteiger partial charge in [-0.1, -0.05) is 54.6 Å². The quantitative estimate of drug-likeness (QED) is 0.280. The molecule has 1 aliphatic rings. The Bertz CT molecular complexity index is 1550. The Labute approximate surface area is 220 Å². The Balaban J connectivity index is 1.24. The molecule has 192 valence electrons. The SMILES string of the molecule is COc1ccc(CN2CC(Nc3nc(N)nc4[nH]ncc34)Cc3ccccc32)cc1OCc1ccccc1. The fourth-order valence-corrected chi connectivity index (χ4v) is 4.98. The van der Waals surface area contributed by atoms with Crippen LogP contribution in [0.1, 0.15) is 16.7 Å². The number of fused-ring (bicyclic) bond motifs is 2. The molecule has 6 rings (SSSR count). The van der Waals surface area contributed by atoms with Crippen LogP contribution in [0, 0.1) is 0 Å². The van der Waals surface area contributed by atoms with Crippen molar-refractivity contribution in [1.82, 2.24) is 20.2 Å². The molecule has 5 aromatic rings. The van der Waals surface area contributed by atoms with Crippen LogP contribution in [0.25, 0.3) is 11.0 Å². The minimum Gasteiger partial charge on any atom is -0.493 e. The highest BCUT2D eigenvalue weighted by molar-refractivity contribution is 5.87. The summed E-state index contributed by atoms with van der Waals surface area (Å²) < 4.78 is 11.7. The molecule has 3 aromatic carbocycles. The molecule has 9 heteroatoms. The maximum atomic E-state index is 6.17. The van der Waals surface area contributed by atoms with Gasteiger partial charge in [-0.05, 0) is 41.3 Å². The van der Waals surface area contributed by atoms with E-state index in [1.165, 1.54) is 11.3 Å². The summed E-state index contributed by atoms with van der Waals surface area (Å²) in [6, 6.07) is 24.9. The van der Waals surface area contributed by atoms with Gasteiger partial charge in [-0.3, -0.25) is 5.10 Å². The molecule has 3 heterocycles. The number of hydrogen-bond donors (Lipinski definition) is 3. The number of hydrogen-bond acceptors (Lipinski definition) is 8. The van der Waals surface area contributed by atoms with Crippen LogP contribution in [0.2, 0.25) is 0 Å². The highest BCUT2D eigenvalue weighted by atomic mass is 16.5. The van der Waals surface area contributed by atoms with Crippen LogP contribution < -0.4 is 25.4 Å². The summed E-state index contributed by atoms with van der Waals surface area (Å²) in [4.78, 5) is 11.1. The van der Waals surface area contributed by atoms with Gasteiger partial charge in [0.2, 0.25) is 5.95 Å². The number of benzene rings is 3. The van der Waals surface area contributed by atoms with E-state index in [4.69, 9.17) is 15.2 Å². The number of nitrogens with zero attached hydrogens (tertiary/aromatic N) is 4. The van der Waals surface area contributed by atoms with Crippen molar-refractivity contribution in [1.29, 1.82) is 0 Å². The molecule has 38 heavy (non-hydrogen) atoms. The Kier molecular flexibility index (Phi) is 6.39. The first kappa shape index (κ1) is 23.6. The fourth-order valence-electron chi connectivity index (χ4n) is 4.98. The highest BCUT2D eigenvalue weighted by Crippen LogP contribution is 2.33. The summed E-state index contributed by atoms with van der Waals surface area (Å²) in [5.74, 6) is 2.34. The predicted molar refractivity (Wildman–Crippen MR) is 148 cm³/mol. The summed E-state index contributed by atoms with van der Waals surface area (Å²) in [5.41, 5.74) is 11.3. The summed E-state index contributed by atoms with van der Waals surface area (Å²) in [6.07, 6.45) is 2.59. The van der Waals surface area contributed by atoms with E-state index < -0.39 is 0 Å². The fraction of sp³-hybridized carbons (Fsp3) is 0.207. The molecule has 9 nitrogen and oxygen atoms in total. The van der Waals surface area contributed by atoms with E-state index in [9.17, 15) is 0 Å². The van der Waals surface area contributed by atoms with Gasteiger partial charge in [0, 0.05) is 24.8 Å². The number of anilines is 3. The first-order valence-electron chi connectivity index (χ1n) is 12.6. The zero-order chi connectivity index (χ0) is 25.9. The smallest absolute Gasteiger partial charge is 0.224 e. The summed E-state index contributed by atoms with van der Waals surface area (Å²) >= 11 is 0. The van der Waals surface area contributed by atoms with Gasteiger partial charge in [0.1, 0.15) is 12.4 Å². The second kappa shape index (κ2) is 10.3. The van der Waals surface area contributed by atoms with Gasteiger partial charge in [-0.15, -0.1) is 0 Å². The molecule has 1 unspecified atom stereocenters. The van der Waals surface area contributed by atoms with Crippen LogP contribution in [-0.4, -0.2) is 39.9 Å². The number of nitrogen functional groups attached to an aromatic ring is 1. The predicted octanol–water partition coefficient (Wildman–Crippen LogP) is 4.57. The molecule has 0 aliphatic carbocycles. The second-order valence-electron chi connectivity index (χ2n) is 9.38. The van der Waals surface area contributed by atoms with E-state index in [0.717, 1.165) is 35.2 Å². The maximum absolute atomic E-state index is 6.17. The van der Waals surface area contributed by atoms with Crippen molar-refractivity contribution in [2.75, 3.05) is 29.6 Å². The van der Waals surface area contributed by atoms with Crippen LogP contribution in [0.4, 0.5) is 17.5 Å². The lowest BCUT2D eigenvalue weighted by molar-refractivity contribution is 0.284. The number of methoxy groups -OCH3 is 1. The average Bonchev–Trinajstić information content (AvgIpc) is 3.41. The van der Waals surface area contributed by atoms with Crippen LogP contribution in [0.3, 0.4) is 0 Å². The van der Waals surface area contributed by atoms with E-state index >= 15 is 0 Å². The standard InChI is InChI=1S/C29H29N7O2/c1-37-25-12-11-20(13-26(25)38-18-19-7-3-2-4-8-19)16-36-17-22(14-21-9-5-6-10-24(21)36)32-27-23-15-31-35-28(23)34-29(30)33-27/h2-13,15,22H,14,16-18H2,1H3,(H4,30,31,32,33,34,35). The van der Waals surface area contributed by atoms with Gasteiger partial charge in [0.05, 0.1) is 18.7 Å². The molecular formula is C29H29N7O2. The number of nitrogens with one attached hydrogen (secondary N) is 2. The summed E-state index contributed by atoms with van der Waals surface area (Å²) in [7, 11) is 1.67. The molecule has 0 spiro atoms. The monoisotopic (exact) mass is 507 g/mol. The summed E-state index contributed by atoms with van der Waals surface area (Å²) in [6.45, 7) is 1.98. The molecule has 0 saturated carbocycles. The van der Waals surface area contributed by atoms with Gasteiger partial charge >= 0.3 is 0 Å². The lowest BCUT2D eigenvalue weighted by Crippen LogP contribution is -2.42. The van der Waals surface area contributed by atoms with E-state index in [1.54, 1.807) is 13.3 Å². The highest BCUT2D eigenvalue weighted by Gasteiger charge is 2.26. The van der Waals surface area contributed by atoms with Gasteiger partial charge in [0.25, 0.3) is 0 Å². The molecule has 1 aliphatic heterocycles. The minimum atomic E-state index is 0.115. The first-order chi connectivity index (χ1) is 18.7. The molecule has 1 atom stereocenters. The Hall–Kier alpha value is -4.79. The van der Waals surface area contributed by atoms with E-state index in [0.29, 0.717) is 30.4 Å². The van der Waals surface area contributed by atoms with Crippen molar-refractivity contribution in [2.24, 2.45) is 0 Å². The van der Waals surface area contributed by atoms with Gasteiger partial charge in [0.15, 0.2) is 17.1 Å². The third-order valence-electron chi connectivity index (χ3n) is 6.75. The molecule has 0 saturated heterocycles. The topological polar surface area (TPSA) is 114 Å². The number of aromatic amines is 1. The number of nitrogens with two attached hydrogens (primary N) is 1. The van der Waals surface area contributed by atoms with Crippen molar-refractivity contribution in [3.8, 4) is 11.5 Å². The number of aromatic nitrogens is 4. The lowest BCUT2D eigenvalue weighted by Gasteiger charge is -2.37. The Morgan fingerprint density at radius 3 is 2.71 bits per heavy atom. The molecular weight excluding hydrogens is 478 g/mol. The van der Waals surface area contributed by atoms with E-state index in [-0.39, 0.29) is 12.0 Å². The molecule has 0 radical (unpaired) electrons. The lowest BCUT2D eigenvalue weighted by atomic mass is 9.97. The number of ether oxygens (including phenoxy) is 2. The van der Waals surface area contributed by atoms with Crippen molar-refractivity contribution in [3.63, 3.8) is 0 Å². The van der Waals surface area contributed by atoms with Crippen LogP contribution in [-0.2, 0) is 19.6 Å². The van der Waals surface area contributed by atoms with Crippen molar-refractivity contribution >= 4 is 28.5 Å². The van der Waals surface area contributed by atoms with Crippen molar-refractivity contribution in [2.45, 2.75) is 25.6 Å². The second-order valence-corrected chi connectivity index (χ2v) is 9.38. The molecule has 0 bridgehead atoms. The molecule has 2 aromatic heterocycles. The van der Waals surface area contributed by atoms with E-state index in [2.05, 4.69) is 78.9 Å². The molecule has 4 N–H and O–H groups in total. The van der Waals surface area contributed by atoms with Crippen LogP contribution in [0.15, 0.2) is 79.0 Å². The van der Waals surface area contributed by atoms with Crippen LogP contribution >= 0.6 is 0 Å². The van der Waals surface area contributed by atoms with Gasteiger partial charge in [-0.2, -0.15) is 15.1 Å². The first-order valence-corrected chi connectivity index (χ1v) is 12.6. The maximum Gasteiger partial charge on any atom is 0.224 e. The summed E-state index contributed by atoms with van der Waals surface area (Å²) in [5, 5.41) is 11.4. The van der Waals surface area contributed by atoms with E-state index in [1.807, 2.05) is 24.3 Å². The average molecular weight is 508 g/mol. The third kappa shape index (κ3) is 4.90. The number of para-hydroxylation sites is 1. The Morgan fingerprint density at radius 2 is 1.84 bits per heavy atom. The third-order valence-corrected chi connectivity index (χ3v) is 6.75. The minimum absolute atomic E-state index is 0.115. The molecule has 0 fully saturated rings. The van der Waals surface area contributed by atoms with Crippen molar-refractivity contribution in [3.05, 3.63) is 95.7 Å². The number of rotatable bonds is 8. The van der Waals surface area contributed by atoms with Crippen molar-refractivity contribution < 1.29 is 9.47 Å². The normalized spacial score (nSPS) is 14.8. The number of H-pyrrole nitrogens is 1. The largest absolute Gasteiger partial charge is 0.493 e. The zero-order valence-corrected chi connectivity index (χ0v) is 21.1. The Morgan fingerprint density at radius 1 is 1.00 bits per heavy atom. The zero-order valence-electron chi connectivity index (χ0n) is 21.1. The van der Waals surface area contributed by atoms with Gasteiger partial charge in [-0.25, -0.2) is 0 Å².